The summed E-state index contributed by atoms with van der Waals surface area (Å²) in [5.74, 6) is 0.611. The van der Waals surface area contributed by atoms with Gasteiger partial charge in [0.15, 0.2) is 0 Å². The van der Waals surface area contributed by atoms with E-state index in [1.165, 1.54) is 7.11 Å². The highest BCUT2D eigenvalue weighted by atomic mass is 35.5. The van der Waals surface area contributed by atoms with Crippen LogP contribution in [0, 0.1) is 0 Å². The van der Waals surface area contributed by atoms with Gasteiger partial charge < -0.3 is 9.72 Å². The van der Waals surface area contributed by atoms with Crippen LogP contribution in [0.15, 0.2) is 46.2 Å². The minimum absolute atomic E-state index is 0.127. The summed E-state index contributed by atoms with van der Waals surface area (Å²) in [5.41, 5.74) is -0.178. The summed E-state index contributed by atoms with van der Waals surface area (Å²) in [7, 11) is -2.30. The van der Waals surface area contributed by atoms with Crippen molar-refractivity contribution in [1.82, 2.24) is 4.98 Å². The molecule has 0 fully saturated rings. The predicted octanol–water partition coefficient (Wildman–Crippen LogP) is 1.84. The first-order valence-electron chi connectivity index (χ1n) is 5.47. The molecule has 0 unspecified atom stereocenters. The van der Waals surface area contributed by atoms with Crippen molar-refractivity contribution in [3.8, 4) is 5.75 Å². The fraction of sp³-hybridized carbons (Fsp3) is 0.0833. The average molecular weight is 315 g/mol. The Kier molecular flexibility index (Phi) is 4.01. The summed E-state index contributed by atoms with van der Waals surface area (Å²) in [5, 5.41) is -0.192. The molecular weight excluding hydrogens is 304 g/mol. The van der Waals surface area contributed by atoms with Crippen molar-refractivity contribution < 1.29 is 13.2 Å². The van der Waals surface area contributed by atoms with Gasteiger partial charge in [0.05, 0.1) is 7.11 Å². The second-order valence-corrected chi connectivity index (χ2v) is 5.94. The van der Waals surface area contributed by atoms with E-state index in [0.29, 0.717) is 11.4 Å². The molecule has 2 N–H and O–H groups in total. The molecule has 1 aromatic carbocycles. The molecule has 6 nitrogen and oxygen atoms in total. The number of hydrogen-bond acceptors (Lipinski definition) is 4. The highest BCUT2D eigenvalue weighted by molar-refractivity contribution is 7.92. The molecule has 0 amide bonds. The van der Waals surface area contributed by atoms with Crippen molar-refractivity contribution in [2.24, 2.45) is 0 Å². The van der Waals surface area contributed by atoms with Crippen LogP contribution >= 0.6 is 11.6 Å². The van der Waals surface area contributed by atoms with Gasteiger partial charge in [0.2, 0.25) is 0 Å². The van der Waals surface area contributed by atoms with Crippen LogP contribution in [0.1, 0.15) is 0 Å². The van der Waals surface area contributed by atoms with Crippen molar-refractivity contribution in [2.45, 2.75) is 4.90 Å². The molecule has 2 aromatic rings. The molecule has 2 rings (SSSR count). The van der Waals surface area contributed by atoms with Gasteiger partial charge in [-0.3, -0.25) is 9.52 Å². The highest BCUT2D eigenvalue weighted by Crippen LogP contribution is 2.19. The summed E-state index contributed by atoms with van der Waals surface area (Å²) >= 11 is 5.61. The number of H-pyrrole nitrogens is 1. The molecule has 0 aliphatic rings. The molecule has 0 atom stereocenters. The summed E-state index contributed by atoms with van der Waals surface area (Å²) in [6.45, 7) is 0. The van der Waals surface area contributed by atoms with E-state index in [2.05, 4.69) is 9.71 Å². The molecule has 106 valence electrons. The van der Waals surface area contributed by atoms with Crippen LogP contribution in [0.5, 0.6) is 5.75 Å². The zero-order valence-electron chi connectivity index (χ0n) is 10.4. The fourth-order valence-corrected chi connectivity index (χ4v) is 2.75. The topological polar surface area (TPSA) is 88.3 Å². The minimum Gasteiger partial charge on any atom is -0.497 e. The molecule has 0 saturated heterocycles. The third-order valence-corrected chi connectivity index (χ3v) is 4.13. The first-order valence-corrected chi connectivity index (χ1v) is 7.33. The lowest BCUT2D eigenvalue weighted by molar-refractivity contribution is 0.415. The first-order chi connectivity index (χ1) is 9.42. The quantitative estimate of drug-likeness (QED) is 0.901. The Morgan fingerprint density at radius 1 is 1.25 bits per heavy atom. The lowest BCUT2D eigenvalue weighted by Crippen LogP contribution is -2.16. The molecule has 1 heterocycles. The van der Waals surface area contributed by atoms with Crippen molar-refractivity contribution in [3.05, 3.63) is 51.9 Å². The van der Waals surface area contributed by atoms with Crippen molar-refractivity contribution in [1.29, 1.82) is 0 Å². The molecule has 0 aliphatic carbocycles. The van der Waals surface area contributed by atoms with Crippen LogP contribution in [0.2, 0.25) is 5.02 Å². The monoisotopic (exact) mass is 314 g/mol. The number of aromatic nitrogens is 1. The highest BCUT2D eigenvalue weighted by Gasteiger charge is 2.15. The molecule has 0 aliphatic heterocycles. The van der Waals surface area contributed by atoms with Gasteiger partial charge in [-0.25, -0.2) is 8.42 Å². The standard InChI is InChI=1S/C12H11ClN2O4S/c1-19-9-4-2-8(3-5-9)15-20(17,18)10-6-11(13)12(16)14-7-10/h2-7,15H,1H3,(H,14,16). The summed E-state index contributed by atoms with van der Waals surface area (Å²) < 4.78 is 31.5. The molecule has 8 heteroatoms. The molecule has 0 bridgehead atoms. The first kappa shape index (κ1) is 14.4. The van der Waals surface area contributed by atoms with Crippen molar-refractivity contribution >= 4 is 27.3 Å². The Balaban J connectivity index is 2.30. The van der Waals surface area contributed by atoms with E-state index >= 15 is 0 Å². The molecule has 0 saturated carbocycles. The largest absolute Gasteiger partial charge is 0.497 e. The van der Waals surface area contributed by atoms with Gasteiger partial charge in [-0.15, -0.1) is 0 Å². The van der Waals surface area contributed by atoms with E-state index in [1.807, 2.05) is 0 Å². The fourth-order valence-electron chi connectivity index (χ4n) is 1.47. The van der Waals surface area contributed by atoms with Crippen LogP contribution in [0.3, 0.4) is 0 Å². The number of nitrogens with one attached hydrogen (secondary N) is 2. The minimum atomic E-state index is -3.82. The lowest BCUT2D eigenvalue weighted by atomic mass is 10.3. The van der Waals surface area contributed by atoms with Gasteiger partial charge in [-0.2, -0.15) is 0 Å². The zero-order chi connectivity index (χ0) is 14.8. The Hall–Kier alpha value is -1.99. The van der Waals surface area contributed by atoms with Crippen molar-refractivity contribution in [2.75, 3.05) is 11.8 Å². The van der Waals surface area contributed by atoms with E-state index in [-0.39, 0.29) is 9.92 Å². The molecular formula is C12H11ClN2O4S. The van der Waals surface area contributed by atoms with Gasteiger partial charge in [-0.1, -0.05) is 11.6 Å². The van der Waals surface area contributed by atoms with Crippen molar-refractivity contribution in [3.63, 3.8) is 0 Å². The van der Waals surface area contributed by atoms with Gasteiger partial charge in [0, 0.05) is 11.9 Å². The number of anilines is 1. The van der Waals surface area contributed by atoms with Gasteiger partial charge in [-0.05, 0) is 30.3 Å². The van der Waals surface area contributed by atoms with Crippen LogP contribution in [0.4, 0.5) is 5.69 Å². The number of sulfonamides is 1. The second kappa shape index (κ2) is 5.56. The van der Waals surface area contributed by atoms with Crippen LogP contribution in [0.25, 0.3) is 0 Å². The number of rotatable bonds is 4. The van der Waals surface area contributed by atoms with Crippen LogP contribution in [-0.4, -0.2) is 20.5 Å². The summed E-state index contributed by atoms with van der Waals surface area (Å²) in [6.07, 6.45) is 1.08. The predicted molar refractivity (Wildman–Crippen MR) is 75.9 cm³/mol. The zero-order valence-corrected chi connectivity index (χ0v) is 12.0. The van der Waals surface area contributed by atoms with E-state index in [4.69, 9.17) is 16.3 Å². The number of hydrogen-bond donors (Lipinski definition) is 2. The number of pyridine rings is 1. The number of benzene rings is 1. The maximum absolute atomic E-state index is 12.1. The molecule has 0 spiro atoms. The smallest absolute Gasteiger partial charge is 0.266 e. The van der Waals surface area contributed by atoms with E-state index < -0.39 is 15.6 Å². The number of ether oxygens (including phenoxy) is 1. The number of halogens is 1. The molecule has 0 radical (unpaired) electrons. The second-order valence-electron chi connectivity index (χ2n) is 3.85. The molecule has 1 aromatic heterocycles. The lowest BCUT2D eigenvalue weighted by Gasteiger charge is -2.08. The van der Waals surface area contributed by atoms with E-state index in [1.54, 1.807) is 24.3 Å². The third kappa shape index (κ3) is 3.12. The van der Waals surface area contributed by atoms with Gasteiger partial charge in [0.1, 0.15) is 15.7 Å². The Morgan fingerprint density at radius 3 is 2.45 bits per heavy atom. The maximum Gasteiger partial charge on any atom is 0.266 e. The van der Waals surface area contributed by atoms with Crippen LogP contribution < -0.4 is 15.0 Å². The van der Waals surface area contributed by atoms with Gasteiger partial charge >= 0.3 is 0 Å². The maximum atomic E-state index is 12.1. The van der Waals surface area contributed by atoms with E-state index in [0.717, 1.165) is 12.3 Å². The van der Waals surface area contributed by atoms with Gasteiger partial charge in [0.25, 0.3) is 15.6 Å². The number of methoxy groups -OCH3 is 1. The summed E-state index contributed by atoms with van der Waals surface area (Å²) in [6, 6.07) is 7.45. The summed E-state index contributed by atoms with van der Waals surface area (Å²) in [4.78, 5) is 13.2. The Labute approximate surface area is 120 Å². The Morgan fingerprint density at radius 2 is 1.90 bits per heavy atom. The SMILES string of the molecule is COc1ccc(NS(=O)(=O)c2c[nH]c(=O)c(Cl)c2)cc1. The normalized spacial score (nSPS) is 11.1. The molecule has 20 heavy (non-hydrogen) atoms. The van der Waals surface area contributed by atoms with Crippen LogP contribution in [-0.2, 0) is 10.0 Å². The Bertz CT molecular complexity index is 769. The van der Waals surface area contributed by atoms with E-state index in [9.17, 15) is 13.2 Å². The average Bonchev–Trinajstić information content (AvgIpc) is 2.42. The number of aromatic amines is 1. The third-order valence-electron chi connectivity index (χ3n) is 2.48.